The molecule has 1 aromatic heterocycles. The molecule has 4 heteroatoms. The van der Waals surface area contributed by atoms with Crippen LogP contribution in [-0.2, 0) is 4.79 Å². The van der Waals surface area contributed by atoms with Gasteiger partial charge in [0, 0.05) is 18.0 Å². The third-order valence-electron chi connectivity index (χ3n) is 3.89. The Bertz CT molecular complexity index is 681. The zero-order valence-corrected chi connectivity index (χ0v) is 11.8. The molecule has 2 aromatic rings. The topological polar surface area (TPSA) is 53.4 Å². The van der Waals surface area contributed by atoms with Crippen molar-refractivity contribution in [2.24, 2.45) is 0 Å². The molecule has 1 atom stereocenters. The van der Waals surface area contributed by atoms with Crippen LogP contribution in [0.2, 0.25) is 0 Å². The number of aliphatic hydroxyl groups excluding tert-OH is 1. The number of para-hydroxylation sites is 1. The van der Waals surface area contributed by atoms with Gasteiger partial charge in [-0.15, -0.1) is 0 Å². The first-order valence-corrected chi connectivity index (χ1v) is 7.23. The molecule has 1 aliphatic heterocycles. The summed E-state index contributed by atoms with van der Waals surface area (Å²) < 4.78 is 0. The fraction of sp³-hybridized carbons (Fsp3) is 0.294. The maximum atomic E-state index is 12.2. The van der Waals surface area contributed by atoms with Crippen LogP contribution in [0.4, 0.5) is 0 Å². The summed E-state index contributed by atoms with van der Waals surface area (Å²) in [6.45, 7) is 0.757. The number of pyridine rings is 1. The Labute approximate surface area is 123 Å². The summed E-state index contributed by atoms with van der Waals surface area (Å²) >= 11 is 0. The molecular formula is C17H18N2O2. The van der Waals surface area contributed by atoms with Crippen LogP contribution >= 0.6 is 0 Å². The number of likely N-dealkylation sites (tertiary alicyclic amines) is 1. The van der Waals surface area contributed by atoms with Crippen LogP contribution < -0.4 is 0 Å². The van der Waals surface area contributed by atoms with Gasteiger partial charge in [0.2, 0.25) is 5.91 Å². The summed E-state index contributed by atoms with van der Waals surface area (Å²) in [4.78, 5) is 18.4. The number of carbonyl (C=O) groups excluding carboxylic acids is 1. The first kappa shape index (κ1) is 13.8. The summed E-state index contributed by atoms with van der Waals surface area (Å²) in [5.41, 5.74) is 1.68. The van der Waals surface area contributed by atoms with E-state index in [1.807, 2.05) is 36.4 Å². The van der Waals surface area contributed by atoms with E-state index in [1.165, 1.54) is 0 Å². The van der Waals surface area contributed by atoms with E-state index in [4.69, 9.17) is 0 Å². The van der Waals surface area contributed by atoms with E-state index in [9.17, 15) is 9.90 Å². The van der Waals surface area contributed by atoms with Crippen molar-refractivity contribution in [2.45, 2.75) is 18.9 Å². The molecule has 1 N–H and O–H groups in total. The fourth-order valence-corrected chi connectivity index (χ4v) is 2.74. The molecule has 3 rings (SSSR count). The summed E-state index contributed by atoms with van der Waals surface area (Å²) in [7, 11) is 0. The average Bonchev–Trinajstić information content (AvgIpc) is 3.01. The monoisotopic (exact) mass is 282 g/mol. The Balaban J connectivity index is 1.76. The zero-order chi connectivity index (χ0) is 14.7. The lowest BCUT2D eigenvalue weighted by Gasteiger charge is -2.21. The maximum absolute atomic E-state index is 12.2. The third-order valence-corrected chi connectivity index (χ3v) is 3.89. The Hall–Kier alpha value is -2.20. The molecule has 1 amide bonds. The molecule has 21 heavy (non-hydrogen) atoms. The number of nitrogens with zero attached hydrogens (tertiary/aromatic N) is 2. The summed E-state index contributed by atoms with van der Waals surface area (Å²) in [5, 5.41) is 10.3. The first-order chi connectivity index (χ1) is 10.3. The van der Waals surface area contributed by atoms with Gasteiger partial charge in [0.05, 0.1) is 23.9 Å². The zero-order valence-electron chi connectivity index (χ0n) is 11.8. The molecule has 0 radical (unpaired) electrons. The van der Waals surface area contributed by atoms with Gasteiger partial charge in [-0.25, -0.2) is 4.98 Å². The lowest BCUT2D eigenvalue weighted by Crippen LogP contribution is -2.36. The SMILES string of the molecule is O=C(/C=C/c1ccc2ccccc2n1)N1CCC[C@@H]1CO. The first-order valence-electron chi connectivity index (χ1n) is 7.23. The molecular weight excluding hydrogens is 264 g/mol. The van der Waals surface area contributed by atoms with Gasteiger partial charge in [-0.1, -0.05) is 24.3 Å². The molecule has 1 aliphatic rings. The third kappa shape index (κ3) is 2.95. The Kier molecular flexibility index (Phi) is 3.97. The summed E-state index contributed by atoms with van der Waals surface area (Å²) in [5.74, 6) is -0.0542. The van der Waals surface area contributed by atoms with Crippen LogP contribution in [0.5, 0.6) is 0 Å². The highest BCUT2D eigenvalue weighted by Gasteiger charge is 2.26. The van der Waals surface area contributed by atoms with Crippen LogP contribution in [0.25, 0.3) is 17.0 Å². The number of aromatic nitrogens is 1. The number of carbonyl (C=O) groups is 1. The van der Waals surface area contributed by atoms with E-state index < -0.39 is 0 Å². The largest absolute Gasteiger partial charge is 0.394 e. The van der Waals surface area contributed by atoms with E-state index in [0.717, 1.165) is 36.0 Å². The van der Waals surface area contributed by atoms with Gasteiger partial charge >= 0.3 is 0 Å². The second-order valence-corrected chi connectivity index (χ2v) is 5.27. The van der Waals surface area contributed by atoms with Crippen molar-refractivity contribution in [3.8, 4) is 0 Å². The number of fused-ring (bicyclic) bond motifs is 1. The van der Waals surface area contributed by atoms with Gasteiger partial charge in [-0.2, -0.15) is 0 Å². The lowest BCUT2D eigenvalue weighted by molar-refractivity contribution is -0.127. The van der Waals surface area contributed by atoms with Crippen molar-refractivity contribution in [3.05, 3.63) is 48.2 Å². The minimum absolute atomic E-state index is 0.0355. The van der Waals surface area contributed by atoms with E-state index in [1.54, 1.807) is 17.1 Å². The minimum atomic E-state index is -0.0542. The second kappa shape index (κ2) is 6.06. The number of amides is 1. The smallest absolute Gasteiger partial charge is 0.246 e. The molecule has 1 aromatic carbocycles. The number of hydrogen-bond donors (Lipinski definition) is 1. The highest BCUT2D eigenvalue weighted by molar-refractivity contribution is 5.92. The molecule has 0 unspecified atom stereocenters. The standard InChI is InChI=1S/C17H18N2O2/c20-12-15-5-3-11-19(15)17(21)10-9-14-8-7-13-4-1-2-6-16(13)18-14/h1-2,4,6-10,15,20H,3,5,11-12H2/b10-9+/t15-/m1/s1. The summed E-state index contributed by atoms with van der Waals surface area (Å²) in [6, 6.07) is 11.8. The van der Waals surface area contributed by atoms with E-state index in [0.29, 0.717) is 0 Å². The van der Waals surface area contributed by atoms with Gasteiger partial charge < -0.3 is 10.0 Å². The molecule has 0 bridgehead atoms. The van der Waals surface area contributed by atoms with Gasteiger partial charge in [-0.3, -0.25) is 4.79 Å². The molecule has 0 aliphatic carbocycles. The molecule has 0 spiro atoms. The van der Waals surface area contributed by atoms with E-state index in [-0.39, 0.29) is 18.6 Å². The quantitative estimate of drug-likeness (QED) is 0.878. The number of aliphatic hydroxyl groups is 1. The van der Waals surface area contributed by atoms with Crippen molar-refractivity contribution in [1.82, 2.24) is 9.88 Å². The number of rotatable bonds is 3. The molecule has 4 nitrogen and oxygen atoms in total. The van der Waals surface area contributed by atoms with E-state index >= 15 is 0 Å². The molecule has 2 heterocycles. The molecule has 1 saturated heterocycles. The normalized spacial score (nSPS) is 18.7. The van der Waals surface area contributed by atoms with E-state index in [2.05, 4.69) is 4.98 Å². The molecule has 108 valence electrons. The van der Waals surface area contributed by atoms with Gasteiger partial charge in [-0.05, 0) is 31.1 Å². The average molecular weight is 282 g/mol. The summed E-state index contributed by atoms with van der Waals surface area (Å²) in [6.07, 6.45) is 5.12. The van der Waals surface area contributed by atoms with Crippen LogP contribution in [0.15, 0.2) is 42.5 Å². The number of benzene rings is 1. The van der Waals surface area contributed by atoms with Crippen molar-refractivity contribution < 1.29 is 9.90 Å². The lowest BCUT2D eigenvalue weighted by atomic mass is 10.2. The van der Waals surface area contributed by atoms with Crippen molar-refractivity contribution >= 4 is 22.9 Å². The second-order valence-electron chi connectivity index (χ2n) is 5.27. The Morgan fingerprint density at radius 2 is 2.19 bits per heavy atom. The highest BCUT2D eigenvalue weighted by Crippen LogP contribution is 2.17. The Morgan fingerprint density at radius 1 is 1.33 bits per heavy atom. The molecule has 0 saturated carbocycles. The van der Waals surface area contributed by atoms with Crippen LogP contribution in [-0.4, -0.2) is 40.1 Å². The van der Waals surface area contributed by atoms with Gasteiger partial charge in [0.25, 0.3) is 0 Å². The number of hydrogen-bond acceptors (Lipinski definition) is 3. The minimum Gasteiger partial charge on any atom is -0.394 e. The predicted octanol–water partition coefficient (Wildman–Crippen LogP) is 2.23. The molecule has 1 fully saturated rings. The maximum Gasteiger partial charge on any atom is 0.246 e. The van der Waals surface area contributed by atoms with Crippen LogP contribution in [0.3, 0.4) is 0 Å². The predicted molar refractivity (Wildman–Crippen MR) is 82.6 cm³/mol. The van der Waals surface area contributed by atoms with Crippen LogP contribution in [0.1, 0.15) is 18.5 Å². The van der Waals surface area contributed by atoms with Gasteiger partial charge in [0.15, 0.2) is 0 Å². The van der Waals surface area contributed by atoms with Crippen LogP contribution in [0, 0.1) is 0 Å². The van der Waals surface area contributed by atoms with Crippen molar-refractivity contribution in [3.63, 3.8) is 0 Å². The highest BCUT2D eigenvalue weighted by atomic mass is 16.3. The van der Waals surface area contributed by atoms with Gasteiger partial charge in [0.1, 0.15) is 0 Å². The van der Waals surface area contributed by atoms with Crippen molar-refractivity contribution in [2.75, 3.05) is 13.2 Å². The Morgan fingerprint density at radius 3 is 3.05 bits per heavy atom. The van der Waals surface area contributed by atoms with Crippen molar-refractivity contribution in [1.29, 1.82) is 0 Å². The fourth-order valence-electron chi connectivity index (χ4n) is 2.74.